The van der Waals surface area contributed by atoms with Crippen LogP contribution in [-0.4, -0.2) is 74.2 Å². The minimum absolute atomic E-state index is 0.403. The molecule has 1 aliphatic rings. The molecule has 1 aliphatic heterocycles. The van der Waals surface area contributed by atoms with Crippen molar-refractivity contribution in [3.05, 3.63) is 47.8 Å². The smallest absolute Gasteiger partial charge is 0.341 e. The first-order chi connectivity index (χ1) is 14.2. The third-order valence-electron chi connectivity index (χ3n) is 4.75. The lowest BCUT2D eigenvalue weighted by Gasteiger charge is -2.36. The molecule has 1 saturated heterocycles. The van der Waals surface area contributed by atoms with Crippen LogP contribution in [0.4, 0.5) is 5.95 Å². The topological polar surface area (TPSA) is 92.2 Å². The van der Waals surface area contributed by atoms with Crippen LogP contribution >= 0.6 is 0 Å². The Kier molecular flexibility index (Phi) is 6.83. The van der Waals surface area contributed by atoms with Crippen molar-refractivity contribution < 1.29 is 14.3 Å². The number of nitrogens with zero attached hydrogens (tertiary/aromatic N) is 5. The minimum Gasteiger partial charge on any atom is -0.496 e. The minimum atomic E-state index is -0.424. The number of aromatic nitrogens is 2. The van der Waals surface area contributed by atoms with Crippen LogP contribution in [0.1, 0.15) is 15.9 Å². The molecular weight excluding hydrogens is 372 g/mol. The van der Waals surface area contributed by atoms with Crippen molar-refractivity contribution in [1.29, 1.82) is 0 Å². The maximum Gasteiger partial charge on any atom is 0.341 e. The Hall–Kier alpha value is -3.36. The molecule has 0 unspecified atom stereocenters. The molecule has 0 aliphatic carbocycles. The van der Waals surface area contributed by atoms with Crippen molar-refractivity contribution >= 4 is 17.9 Å². The molecule has 154 valence electrons. The fraction of sp³-hybridized carbons (Fsp3) is 0.400. The Morgan fingerprint density at radius 3 is 2.52 bits per heavy atom. The summed E-state index contributed by atoms with van der Waals surface area (Å²) in [6.07, 6.45) is 3.51. The summed E-state index contributed by atoms with van der Waals surface area (Å²) in [4.78, 5) is 29.4. The van der Waals surface area contributed by atoms with Gasteiger partial charge in [-0.1, -0.05) is 6.07 Å². The SMILES string of the molecule is CN=C(NCc1ccc(OC)c(C(=O)OC)c1)N1CCN(c2ncccn2)CC1. The number of hydrogen-bond donors (Lipinski definition) is 1. The van der Waals surface area contributed by atoms with E-state index in [2.05, 4.69) is 30.1 Å². The van der Waals surface area contributed by atoms with Gasteiger partial charge in [0.1, 0.15) is 11.3 Å². The highest BCUT2D eigenvalue weighted by molar-refractivity contribution is 5.92. The number of esters is 1. The summed E-state index contributed by atoms with van der Waals surface area (Å²) in [5.41, 5.74) is 1.34. The molecular formula is C20H26N6O3. The van der Waals surface area contributed by atoms with Gasteiger partial charge in [-0.3, -0.25) is 4.99 Å². The molecule has 0 spiro atoms. The van der Waals surface area contributed by atoms with Gasteiger partial charge in [-0.25, -0.2) is 14.8 Å². The van der Waals surface area contributed by atoms with Gasteiger partial charge in [-0.05, 0) is 23.8 Å². The van der Waals surface area contributed by atoms with E-state index in [4.69, 9.17) is 9.47 Å². The third-order valence-corrected chi connectivity index (χ3v) is 4.75. The Balaban J connectivity index is 1.59. The van der Waals surface area contributed by atoms with Crippen LogP contribution in [0.3, 0.4) is 0 Å². The number of ether oxygens (including phenoxy) is 2. The first kappa shape index (κ1) is 20.4. The maximum absolute atomic E-state index is 12.0. The molecule has 3 rings (SSSR count). The summed E-state index contributed by atoms with van der Waals surface area (Å²) < 4.78 is 10.1. The molecule has 0 bridgehead atoms. The number of rotatable bonds is 5. The third kappa shape index (κ3) is 4.92. The van der Waals surface area contributed by atoms with Crippen LogP contribution in [-0.2, 0) is 11.3 Å². The van der Waals surface area contributed by atoms with E-state index in [-0.39, 0.29) is 0 Å². The van der Waals surface area contributed by atoms with E-state index in [1.54, 1.807) is 31.6 Å². The number of carbonyl (C=O) groups is 1. The first-order valence-corrected chi connectivity index (χ1v) is 9.39. The lowest BCUT2D eigenvalue weighted by Crippen LogP contribution is -2.52. The Morgan fingerprint density at radius 2 is 1.90 bits per heavy atom. The predicted octanol–water partition coefficient (Wildman–Crippen LogP) is 1.17. The lowest BCUT2D eigenvalue weighted by molar-refractivity contribution is 0.0597. The number of guanidine groups is 1. The summed E-state index contributed by atoms with van der Waals surface area (Å²) in [5, 5.41) is 3.36. The van der Waals surface area contributed by atoms with E-state index in [1.807, 2.05) is 12.1 Å². The van der Waals surface area contributed by atoms with Gasteiger partial charge in [0.2, 0.25) is 5.95 Å². The number of methoxy groups -OCH3 is 2. The Morgan fingerprint density at radius 1 is 1.17 bits per heavy atom. The highest BCUT2D eigenvalue weighted by Crippen LogP contribution is 2.21. The molecule has 1 N–H and O–H groups in total. The standard InChI is InChI=1S/C20H26N6O3/c1-21-19(25-9-11-26(12-10-25)20-22-7-4-8-23-20)24-14-15-5-6-17(28-2)16(13-15)18(27)29-3/h4-8,13H,9-12,14H2,1-3H3,(H,21,24). The van der Waals surface area contributed by atoms with Gasteiger partial charge in [0.05, 0.1) is 14.2 Å². The van der Waals surface area contributed by atoms with Crippen molar-refractivity contribution in [3.63, 3.8) is 0 Å². The van der Waals surface area contributed by atoms with Crippen molar-refractivity contribution in [2.24, 2.45) is 4.99 Å². The Labute approximate surface area is 170 Å². The van der Waals surface area contributed by atoms with Gasteiger partial charge in [0, 0.05) is 52.2 Å². The number of anilines is 1. The van der Waals surface area contributed by atoms with Crippen LogP contribution < -0.4 is 15.0 Å². The van der Waals surface area contributed by atoms with Gasteiger partial charge in [0.15, 0.2) is 5.96 Å². The van der Waals surface area contributed by atoms with Gasteiger partial charge >= 0.3 is 5.97 Å². The second-order valence-electron chi connectivity index (χ2n) is 6.45. The van der Waals surface area contributed by atoms with Crippen molar-refractivity contribution in [3.8, 4) is 5.75 Å². The van der Waals surface area contributed by atoms with E-state index in [0.29, 0.717) is 17.9 Å². The average molecular weight is 398 g/mol. The van der Waals surface area contributed by atoms with Gasteiger partial charge in [-0.2, -0.15) is 0 Å². The molecule has 0 amide bonds. The molecule has 1 aromatic heterocycles. The normalized spacial score (nSPS) is 14.5. The summed E-state index contributed by atoms with van der Waals surface area (Å²) in [6, 6.07) is 7.27. The van der Waals surface area contributed by atoms with Crippen LogP contribution in [0.5, 0.6) is 5.75 Å². The molecule has 1 fully saturated rings. The highest BCUT2D eigenvalue weighted by Gasteiger charge is 2.21. The van der Waals surface area contributed by atoms with Gasteiger partial charge in [0.25, 0.3) is 0 Å². The molecule has 9 heteroatoms. The van der Waals surface area contributed by atoms with E-state index in [9.17, 15) is 4.79 Å². The monoisotopic (exact) mass is 398 g/mol. The van der Waals surface area contributed by atoms with Crippen molar-refractivity contribution in [2.45, 2.75) is 6.54 Å². The van der Waals surface area contributed by atoms with Crippen molar-refractivity contribution in [2.75, 3.05) is 52.3 Å². The molecule has 9 nitrogen and oxygen atoms in total. The fourth-order valence-electron chi connectivity index (χ4n) is 3.22. The molecule has 0 atom stereocenters. The van der Waals surface area contributed by atoms with E-state index >= 15 is 0 Å². The summed E-state index contributed by atoms with van der Waals surface area (Å²) in [6.45, 7) is 3.80. The zero-order valence-electron chi connectivity index (χ0n) is 17.0. The molecule has 2 heterocycles. The van der Waals surface area contributed by atoms with E-state index in [0.717, 1.165) is 43.7 Å². The van der Waals surface area contributed by atoms with Crippen molar-refractivity contribution in [1.82, 2.24) is 20.2 Å². The van der Waals surface area contributed by atoms with E-state index < -0.39 is 5.97 Å². The zero-order chi connectivity index (χ0) is 20.6. The average Bonchev–Trinajstić information content (AvgIpc) is 2.79. The summed E-state index contributed by atoms with van der Waals surface area (Å²) in [5.74, 6) is 1.63. The van der Waals surface area contributed by atoms with E-state index in [1.165, 1.54) is 14.2 Å². The second-order valence-corrected chi connectivity index (χ2v) is 6.45. The number of carbonyl (C=O) groups excluding carboxylic acids is 1. The van der Waals surface area contributed by atoms with Crippen LogP contribution in [0.15, 0.2) is 41.7 Å². The quantitative estimate of drug-likeness (QED) is 0.456. The largest absolute Gasteiger partial charge is 0.496 e. The van der Waals surface area contributed by atoms with Gasteiger partial charge in [-0.15, -0.1) is 0 Å². The van der Waals surface area contributed by atoms with Crippen LogP contribution in [0, 0.1) is 0 Å². The number of nitrogens with one attached hydrogen (secondary N) is 1. The first-order valence-electron chi connectivity index (χ1n) is 9.39. The number of hydrogen-bond acceptors (Lipinski definition) is 7. The number of aliphatic imine (C=N–C) groups is 1. The highest BCUT2D eigenvalue weighted by atomic mass is 16.5. The van der Waals surface area contributed by atoms with Crippen LogP contribution in [0.2, 0.25) is 0 Å². The second kappa shape index (κ2) is 9.72. The molecule has 2 aromatic rings. The summed E-state index contributed by atoms with van der Waals surface area (Å²) in [7, 11) is 4.65. The number of benzene rings is 1. The fourth-order valence-corrected chi connectivity index (χ4v) is 3.22. The number of piperazine rings is 1. The van der Waals surface area contributed by atoms with Gasteiger partial charge < -0.3 is 24.6 Å². The molecule has 1 aromatic carbocycles. The molecule has 29 heavy (non-hydrogen) atoms. The maximum atomic E-state index is 12.0. The lowest BCUT2D eigenvalue weighted by atomic mass is 10.1. The molecule has 0 radical (unpaired) electrons. The van der Waals surface area contributed by atoms with Crippen LogP contribution in [0.25, 0.3) is 0 Å². The Bertz CT molecular complexity index is 851. The summed E-state index contributed by atoms with van der Waals surface area (Å²) >= 11 is 0. The predicted molar refractivity (Wildman–Crippen MR) is 110 cm³/mol. The zero-order valence-corrected chi connectivity index (χ0v) is 17.0. The molecule has 0 saturated carbocycles.